The number of carbonyl (C=O) groups is 1. The summed E-state index contributed by atoms with van der Waals surface area (Å²) in [6.07, 6.45) is 3.63. The highest BCUT2D eigenvalue weighted by atomic mass is 32.2. The van der Waals surface area contributed by atoms with Gasteiger partial charge < -0.3 is 9.33 Å². The molecule has 0 radical (unpaired) electrons. The van der Waals surface area contributed by atoms with Crippen LogP contribution in [0, 0.1) is 5.92 Å². The van der Waals surface area contributed by atoms with E-state index in [-0.39, 0.29) is 28.3 Å². The van der Waals surface area contributed by atoms with E-state index < -0.39 is 8.32 Å². The van der Waals surface area contributed by atoms with E-state index in [1.807, 2.05) is 11.0 Å². The Morgan fingerprint density at radius 2 is 1.95 bits per heavy atom. The summed E-state index contributed by atoms with van der Waals surface area (Å²) in [7, 11) is -1.86. The number of nitrogens with zero attached hydrogens (tertiary/aromatic N) is 1. The molecule has 0 aromatic heterocycles. The minimum Gasteiger partial charge on any atom is -0.413 e. The van der Waals surface area contributed by atoms with Crippen LogP contribution in [-0.2, 0) is 9.22 Å². The first-order valence-electron chi connectivity index (χ1n) is 7.88. The van der Waals surface area contributed by atoms with Gasteiger partial charge in [-0.2, -0.15) is 0 Å². The van der Waals surface area contributed by atoms with Crippen molar-refractivity contribution < 1.29 is 9.22 Å². The van der Waals surface area contributed by atoms with E-state index in [2.05, 4.69) is 53.9 Å². The Labute approximate surface area is 141 Å². The number of β-lactam (4-membered cyclic amide) rings is 1. The molecular weight excluding hydrogens is 310 g/mol. The summed E-state index contributed by atoms with van der Waals surface area (Å²) in [5.74, 6) is 0.973. The van der Waals surface area contributed by atoms with Crippen LogP contribution in [0.25, 0.3) is 0 Å². The van der Waals surface area contributed by atoms with E-state index in [1.54, 1.807) is 17.8 Å². The molecule has 3 atom stereocenters. The fourth-order valence-electron chi connectivity index (χ4n) is 2.39. The second-order valence-electron chi connectivity index (χ2n) is 7.40. The molecule has 0 N–H and O–H groups in total. The maximum atomic E-state index is 12.5. The van der Waals surface area contributed by atoms with Crippen molar-refractivity contribution in [3.05, 3.63) is 25.3 Å². The van der Waals surface area contributed by atoms with Gasteiger partial charge in [-0.1, -0.05) is 32.9 Å². The van der Waals surface area contributed by atoms with Crippen molar-refractivity contribution in [2.24, 2.45) is 5.92 Å². The summed E-state index contributed by atoms with van der Waals surface area (Å²) in [4.78, 5) is 14.4. The molecule has 1 amide bonds. The SMILES string of the molecule is C=CCS[C@H]1[C@@H]([C@@H](C)O[Si](C)(C)C(C)(C)C)C(=O)N1CC=C. The largest absolute Gasteiger partial charge is 0.413 e. The maximum absolute atomic E-state index is 12.5. The van der Waals surface area contributed by atoms with Crippen molar-refractivity contribution in [1.29, 1.82) is 0 Å². The third-order valence-electron chi connectivity index (χ3n) is 4.69. The lowest BCUT2D eigenvalue weighted by Gasteiger charge is -2.50. The molecule has 0 aromatic carbocycles. The number of rotatable bonds is 8. The minimum atomic E-state index is -1.86. The molecule has 1 aliphatic heterocycles. The predicted molar refractivity (Wildman–Crippen MR) is 99.6 cm³/mol. The third-order valence-corrected chi connectivity index (χ3v) is 10.6. The number of likely N-dealkylation sites (tertiary alicyclic amines) is 1. The lowest BCUT2D eigenvalue weighted by atomic mass is 9.93. The highest BCUT2D eigenvalue weighted by molar-refractivity contribution is 8.00. The molecule has 0 aliphatic carbocycles. The Bertz CT molecular complexity index is 431. The molecule has 0 unspecified atom stereocenters. The Morgan fingerprint density at radius 3 is 2.41 bits per heavy atom. The molecule has 1 heterocycles. The van der Waals surface area contributed by atoms with E-state index in [1.165, 1.54) is 0 Å². The minimum absolute atomic E-state index is 0.0447. The number of hydrogen-bond acceptors (Lipinski definition) is 3. The van der Waals surface area contributed by atoms with Crippen LogP contribution in [-0.4, -0.2) is 42.9 Å². The molecule has 1 rings (SSSR count). The van der Waals surface area contributed by atoms with Crippen molar-refractivity contribution >= 4 is 26.0 Å². The van der Waals surface area contributed by atoms with Crippen molar-refractivity contribution in [1.82, 2.24) is 4.90 Å². The normalized spacial score (nSPS) is 23.9. The highest BCUT2D eigenvalue weighted by Gasteiger charge is 2.51. The van der Waals surface area contributed by atoms with Crippen LogP contribution < -0.4 is 0 Å². The molecule has 3 nitrogen and oxygen atoms in total. The van der Waals surface area contributed by atoms with Gasteiger partial charge in [0.15, 0.2) is 8.32 Å². The van der Waals surface area contributed by atoms with Gasteiger partial charge in [-0.15, -0.1) is 24.9 Å². The molecular formula is C17H31NO2SSi. The lowest BCUT2D eigenvalue weighted by Crippen LogP contribution is -2.64. The van der Waals surface area contributed by atoms with Gasteiger partial charge in [0, 0.05) is 12.3 Å². The maximum Gasteiger partial charge on any atom is 0.232 e. The molecule has 0 spiro atoms. The molecule has 0 bridgehead atoms. The zero-order valence-corrected chi connectivity index (χ0v) is 16.7. The van der Waals surface area contributed by atoms with E-state index in [0.717, 1.165) is 5.75 Å². The molecule has 0 saturated carbocycles. The van der Waals surface area contributed by atoms with Crippen LogP contribution in [0.4, 0.5) is 0 Å². The van der Waals surface area contributed by atoms with E-state index in [9.17, 15) is 4.79 Å². The van der Waals surface area contributed by atoms with Gasteiger partial charge in [0.05, 0.1) is 17.4 Å². The van der Waals surface area contributed by atoms with Crippen LogP contribution in [0.3, 0.4) is 0 Å². The van der Waals surface area contributed by atoms with Crippen LogP contribution in [0.15, 0.2) is 25.3 Å². The van der Waals surface area contributed by atoms with Crippen molar-refractivity contribution in [3.8, 4) is 0 Å². The topological polar surface area (TPSA) is 29.5 Å². The average Bonchev–Trinajstić information content (AvgIpc) is 2.38. The fourth-order valence-corrected chi connectivity index (χ4v) is 5.07. The first kappa shape index (κ1) is 19.5. The van der Waals surface area contributed by atoms with Gasteiger partial charge in [0.25, 0.3) is 0 Å². The van der Waals surface area contributed by atoms with E-state index >= 15 is 0 Å². The number of carbonyl (C=O) groups excluding carboxylic acids is 1. The highest BCUT2D eigenvalue weighted by Crippen LogP contribution is 2.42. The standard InChI is InChI=1S/C17H31NO2SSi/c1-9-11-18-15(19)14(16(18)21-12-10-2)13(3)20-22(7,8)17(4,5)6/h9-10,13-14,16H,1-2,11-12H2,3-8H3/t13-,14+,16+/m1/s1. The van der Waals surface area contributed by atoms with Crippen LogP contribution in [0.5, 0.6) is 0 Å². The summed E-state index contributed by atoms with van der Waals surface area (Å²) in [6, 6.07) is 0. The second-order valence-corrected chi connectivity index (χ2v) is 13.3. The number of thioether (sulfide) groups is 1. The zero-order valence-electron chi connectivity index (χ0n) is 14.9. The van der Waals surface area contributed by atoms with E-state index in [4.69, 9.17) is 4.43 Å². The molecule has 0 aromatic rings. The second kappa shape index (κ2) is 7.36. The summed E-state index contributed by atoms with van der Waals surface area (Å²) < 4.78 is 6.44. The molecule has 5 heteroatoms. The first-order chi connectivity index (χ1) is 10.1. The Hall–Kier alpha value is -0.523. The molecule has 22 heavy (non-hydrogen) atoms. The third kappa shape index (κ3) is 4.06. The van der Waals surface area contributed by atoms with Gasteiger partial charge in [-0.05, 0) is 25.1 Å². The Kier molecular flexibility index (Phi) is 6.54. The van der Waals surface area contributed by atoms with Crippen LogP contribution in [0.2, 0.25) is 18.1 Å². The van der Waals surface area contributed by atoms with Crippen LogP contribution >= 0.6 is 11.8 Å². The molecule has 126 valence electrons. The molecule has 1 aliphatic rings. The molecule has 1 fully saturated rings. The van der Waals surface area contributed by atoms with Crippen molar-refractivity contribution in [3.63, 3.8) is 0 Å². The zero-order chi connectivity index (χ0) is 17.1. The van der Waals surface area contributed by atoms with Gasteiger partial charge in [0.1, 0.15) is 0 Å². The van der Waals surface area contributed by atoms with Gasteiger partial charge >= 0.3 is 0 Å². The van der Waals surface area contributed by atoms with Gasteiger partial charge in [0.2, 0.25) is 5.91 Å². The van der Waals surface area contributed by atoms with Gasteiger partial charge in [-0.25, -0.2) is 0 Å². The first-order valence-corrected chi connectivity index (χ1v) is 11.8. The Balaban J connectivity index is 2.82. The number of amides is 1. The monoisotopic (exact) mass is 341 g/mol. The van der Waals surface area contributed by atoms with Gasteiger partial charge in [-0.3, -0.25) is 4.79 Å². The predicted octanol–water partition coefficient (Wildman–Crippen LogP) is 4.29. The quantitative estimate of drug-likeness (QED) is 0.375. The summed E-state index contributed by atoms with van der Waals surface area (Å²) >= 11 is 1.76. The van der Waals surface area contributed by atoms with Crippen molar-refractivity contribution in [2.45, 2.75) is 57.3 Å². The van der Waals surface area contributed by atoms with Crippen molar-refractivity contribution in [2.75, 3.05) is 12.3 Å². The average molecular weight is 342 g/mol. The Morgan fingerprint density at radius 1 is 1.36 bits per heavy atom. The summed E-state index contributed by atoms with van der Waals surface area (Å²) in [5, 5.41) is 0.321. The lowest BCUT2D eigenvalue weighted by molar-refractivity contribution is -0.154. The number of hydrogen-bond donors (Lipinski definition) is 0. The fraction of sp³-hybridized carbons (Fsp3) is 0.706. The summed E-state index contributed by atoms with van der Waals surface area (Å²) in [6.45, 7) is 21.3. The van der Waals surface area contributed by atoms with Crippen LogP contribution in [0.1, 0.15) is 27.7 Å². The summed E-state index contributed by atoms with van der Waals surface area (Å²) in [5.41, 5.74) is 0. The molecule has 1 saturated heterocycles. The smallest absolute Gasteiger partial charge is 0.232 e. The van der Waals surface area contributed by atoms with E-state index in [0.29, 0.717) is 6.54 Å².